The Labute approximate surface area is 219 Å². The SMILES string of the molecule is CCOC(=O)c1ccc(-c2ccc(/C=N\NC(=O)CN(c3cccnc3)S(=O)(=O)c3ccccc3)o2)cc1. The predicted molar refractivity (Wildman–Crippen MR) is 141 cm³/mol. The minimum Gasteiger partial charge on any atom is -0.462 e. The van der Waals surface area contributed by atoms with E-state index in [2.05, 4.69) is 15.5 Å². The van der Waals surface area contributed by atoms with Crippen LogP contribution in [-0.4, -0.2) is 44.6 Å². The van der Waals surface area contributed by atoms with Gasteiger partial charge in [-0.2, -0.15) is 5.10 Å². The number of nitrogens with one attached hydrogen (secondary N) is 1. The molecule has 2 aromatic carbocycles. The molecule has 0 bridgehead atoms. The number of hydrogen-bond donors (Lipinski definition) is 1. The number of furan rings is 1. The molecule has 0 atom stereocenters. The number of ether oxygens (including phenoxy) is 1. The van der Waals surface area contributed by atoms with E-state index in [1.807, 2.05) is 0 Å². The average molecular weight is 533 g/mol. The van der Waals surface area contributed by atoms with Crippen LogP contribution in [0, 0.1) is 0 Å². The van der Waals surface area contributed by atoms with Crippen molar-refractivity contribution in [2.75, 3.05) is 17.5 Å². The lowest BCUT2D eigenvalue weighted by Crippen LogP contribution is -2.39. The Morgan fingerprint density at radius 2 is 1.79 bits per heavy atom. The van der Waals surface area contributed by atoms with Crippen molar-refractivity contribution in [1.29, 1.82) is 0 Å². The van der Waals surface area contributed by atoms with Crippen LogP contribution in [0.5, 0.6) is 0 Å². The Morgan fingerprint density at radius 3 is 2.47 bits per heavy atom. The maximum absolute atomic E-state index is 13.2. The highest BCUT2D eigenvalue weighted by molar-refractivity contribution is 7.92. The first-order valence-corrected chi connectivity index (χ1v) is 13.0. The molecule has 0 saturated heterocycles. The van der Waals surface area contributed by atoms with Crippen molar-refractivity contribution in [1.82, 2.24) is 10.4 Å². The van der Waals surface area contributed by atoms with E-state index in [0.29, 0.717) is 23.7 Å². The second-order valence-electron chi connectivity index (χ2n) is 7.83. The van der Waals surface area contributed by atoms with E-state index in [4.69, 9.17) is 9.15 Å². The van der Waals surface area contributed by atoms with Crippen LogP contribution >= 0.6 is 0 Å². The fraction of sp³-hybridized carbons (Fsp3) is 0.111. The van der Waals surface area contributed by atoms with Gasteiger partial charge in [-0.25, -0.2) is 18.6 Å². The van der Waals surface area contributed by atoms with E-state index < -0.39 is 28.4 Å². The topological polar surface area (TPSA) is 131 Å². The summed E-state index contributed by atoms with van der Waals surface area (Å²) in [6.45, 7) is 1.52. The molecule has 38 heavy (non-hydrogen) atoms. The number of anilines is 1. The third-order valence-electron chi connectivity index (χ3n) is 5.24. The highest BCUT2D eigenvalue weighted by Gasteiger charge is 2.27. The van der Waals surface area contributed by atoms with Crippen LogP contribution in [0.15, 0.2) is 106 Å². The maximum atomic E-state index is 13.2. The summed E-state index contributed by atoms with van der Waals surface area (Å²) in [5.74, 6) is -0.174. The van der Waals surface area contributed by atoms with Crippen molar-refractivity contribution in [2.24, 2.45) is 5.10 Å². The molecule has 2 aromatic heterocycles. The molecule has 11 heteroatoms. The molecule has 0 unspecified atom stereocenters. The number of nitrogens with zero attached hydrogens (tertiary/aromatic N) is 3. The van der Waals surface area contributed by atoms with Gasteiger partial charge < -0.3 is 9.15 Å². The number of rotatable bonds is 10. The first-order chi connectivity index (χ1) is 18.4. The summed E-state index contributed by atoms with van der Waals surface area (Å²) < 4.78 is 38.1. The van der Waals surface area contributed by atoms with Crippen molar-refractivity contribution in [3.05, 3.63) is 103 Å². The Balaban J connectivity index is 1.42. The Morgan fingerprint density at radius 1 is 1.03 bits per heavy atom. The number of hydrazone groups is 1. The van der Waals surface area contributed by atoms with Gasteiger partial charge in [-0.15, -0.1) is 0 Å². The first-order valence-electron chi connectivity index (χ1n) is 11.6. The third-order valence-corrected chi connectivity index (χ3v) is 7.03. The molecular weight excluding hydrogens is 508 g/mol. The van der Waals surface area contributed by atoms with E-state index >= 15 is 0 Å². The van der Waals surface area contributed by atoms with E-state index in [1.165, 1.54) is 30.7 Å². The molecule has 194 valence electrons. The van der Waals surface area contributed by atoms with Crippen molar-refractivity contribution in [3.63, 3.8) is 0 Å². The van der Waals surface area contributed by atoms with Gasteiger partial charge in [0.2, 0.25) is 0 Å². The molecule has 0 fully saturated rings. The number of amides is 1. The largest absolute Gasteiger partial charge is 0.462 e. The van der Waals surface area contributed by atoms with Gasteiger partial charge in [0.25, 0.3) is 15.9 Å². The van der Waals surface area contributed by atoms with Crippen LogP contribution in [0.4, 0.5) is 5.69 Å². The van der Waals surface area contributed by atoms with Crippen LogP contribution in [0.3, 0.4) is 0 Å². The van der Waals surface area contributed by atoms with Crippen LogP contribution in [0.2, 0.25) is 0 Å². The Kier molecular flexibility index (Phi) is 8.29. The van der Waals surface area contributed by atoms with Gasteiger partial charge in [-0.3, -0.25) is 14.1 Å². The van der Waals surface area contributed by atoms with Crippen LogP contribution in [0.25, 0.3) is 11.3 Å². The summed E-state index contributed by atoms with van der Waals surface area (Å²) in [7, 11) is -4.03. The van der Waals surface area contributed by atoms with Gasteiger partial charge in [-0.05, 0) is 55.5 Å². The fourth-order valence-corrected chi connectivity index (χ4v) is 4.86. The van der Waals surface area contributed by atoms with Gasteiger partial charge >= 0.3 is 5.97 Å². The zero-order valence-electron chi connectivity index (χ0n) is 20.4. The number of sulfonamides is 1. The van der Waals surface area contributed by atoms with E-state index in [0.717, 1.165) is 9.87 Å². The summed E-state index contributed by atoms with van der Waals surface area (Å²) in [5.41, 5.74) is 3.73. The molecule has 4 rings (SSSR count). The van der Waals surface area contributed by atoms with Crippen LogP contribution in [-0.2, 0) is 19.6 Å². The molecule has 0 saturated carbocycles. The zero-order valence-corrected chi connectivity index (χ0v) is 21.2. The molecule has 0 aliphatic carbocycles. The lowest BCUT2D eigenvalue weighted by molar-refractivity contribution is -0.119. The van der Waals surface area contributed by atoms with Crippen LogP contribution < -0.4 is 9.73 Å². The minimum absolute atomic E-state index is 0.0403. The molecule has 0 aliphatic rings. The minimum atomic E-state index is -4.03. The van der Waals surface area contributed by atoms with E-state index in [1.54, 1.807) is 73.7 Å². The number of carbonyl (C=O) groups is 2. The molecule has 4 aromatic rings. The third kappa shape index (κ3) is 6.31. The molecule has 1 N–H and O–H groups in total. The van der Waals surface area contributed by atoms with Gasteiger partial charge in [0.05, 0.1) is 35.2 Å². The highest BCUT2D eigenvalue weighted by atomic mass is 32.2. The summed E-state index contributed by atoms with van der Waals surface area (Å²) in [6.07, 6.45) is 4.17. The number of aromatic nitrogens is 1. The zero-order chi connectivity index (χ0) is 27.0. The first kappa shape index (κ1) is 26.3. The summed E-state index contributed by atoms with van der Waals surface area (Å²) >= 11 is 0. The highest BCUT2D eigenvalue weighted by Crippen LogP contribution is 2.23. The standard InChI is InChI=1S/C27H24N4O6S/c1-2-36-27(33)21-12-10-20(11-13-21)25-15-14-23(37-25)18-29-30-26(32)19-31(22-7-6-16-28-17-22)38(34,35)24-8-4-3-5-9-24/h3-18H,2,19H2,1H3,(H,30,32)/b29-18-. The van der Waals surface area contributed by atoms with Crippen molar-refractivity contribution in [3.8, 4) is 11.3 Å². The second kappa shape index (κ2) is 12.0. The van der Waals surface area contributed by atoms with Gasteiger partial charge in [0.15, 0.2) is 0 Å². The summed E-state index contributed by atoms with van der Waals surface area (Å²) in [5, 5.41) is 3.89. The van der Waals surface area contributed by atoms with Crippen molar-refractivity contribution in [2.45, 2.75) is 11.8 Å². The summed E-state index contributed by atoms with van der Waals surface area (Å²) in [4.78, 5) is 28.5. The average Bonchev–Trinajstić information content (AvgIpc) is 3.42. The predicted octanol–water partition coefficient (Wildman–Crippen LogP) is 3.86. The lowest BCUT2D eigenvalue weighted by atomic mass is 10.1. The molecule has 10 nitrogen and oxygen atoms in total. The molecular formula is C27H24N4O6S. The van der Waals surface area contributed by atoms with Gasteiger partial charge in [-0.1, -0.05) is 30.3 Å². The number of hydrogen-bond acceptors (Lipinski definition) is 8. The smallest absolute Gasteiger partial charge is 0.338 e. The van der Waals surface area contributed by atoms with Crippen molar-refractivity contribution < 1.29 is 27.2 Å². The number of benzene rings is 2. The monoisotopic (exact) mass is 532 g/mol. The summed E-state index contributed by atoms with van der Waals surface area (Å²) in [6, 6.07) is 21.1. The van der Waals surface area contributed by atoms with Gasteiger partial charge in [0, 0.05) is 11.8 Å². The Hall–Kier alpha value is -4.77. The number of esters is 1. The van der Waals surface area contributed by atoms with E-state index in [9.17, 15) is 18.0 Å². The van der Waals surface area contributed by atoms with Gasteiger partial charge in [0.1, 0.15) is 18.1 Å². The van der Waals surface area contributed by atoms with E-state index in [-0.39, 0.29) is 10.6 Å². The lowest BCUT2D eigenvalue weighted by Gasteiger charge is -2.23. The fourth-order valence-electron chi connectivity index (χ4n) is 3.43. The molecule has 0 spiro atoms. The number of pyridine rings is 1. The Bertz CT molecular complexity index is 1520. The number of carbonyl (C=O) groups excluding carboxylic acids is 2. The van der Waals surface area contributed by atoms with Crippen molar-refractivity contribution >= 4 is 33.8 Å². The normalized spacial score (nSPS) is 11.3. The molecule has 0 aliphatic heterocycles. The quantitative estimate of drug-likeness (QED) is 0.186. The second-order valence-corrected chi connectivity index (χ2v) is 9.69. The molecule has 0 radical (unpaired) electrons. The molecule has 1 amide bonds. The maximum Gasteiger partial charge on any atom is 0.338 e. The molecule has 2 heterocycles. The van der Waals surface area contributed by atoms with Crippen LogP contribution in [0.1, 0.15) is 23.0 Å².